The molecule has 394 valence electrons. The first-order valence-electron chi connectivity index (χ1n) is 23.2. The van der Waals surface area contributed by atoms with Crippen molar-refractivity contribution in [1.29, 1.82) is 0 Å². The second kappa shape index (κ2) is 27.0. The van der Waals surface area contributed by atoms with Gasteiger partial charge in [0, 0.05) is 90.4 Å². The summed E-state index contributed by atoms with van der Waals surface area (Å²) in [6, 6.07) is 10.8. The van der Waals surface area contributed by atoms with Crippen LogP contribution in [0, 0.1) is 0 Å². The number of rotatable bonds is 25. The van der Waals surface area contributed by atoms with Gasteiger partial charge in [-0.15, -0.1) is 0 Å². The lowest BCUT2D eigenvalue weighted by Gasteiger charge is -2.49. The second-order valence-corrected chi connectivity index (χ2v) is 17.1. The summed E-state index contributed by atoms with van der Waals surface area (Å²) in [6.45, 7) is -0.874. The summed E-state index contributed by atoms with van der Waals surface area (Å²) >= 11 is 0. The van der Waals surface area contributed by atoms with E-state index >= 15 is 0 Å². The van der Waals surface area contributed by atoms with Crippen LogP contribution in [0.2, 0.25) is 0 Å². The van der Waals surface area contributed by atoms with E-state index in [1.165, 1.54) is 64.0 Å². The van der Waals surface area contributed by atoms with Crippen molar-refractivity contribution in [3.05, 3.63) is 36.4 Å². The van der Waals surface area contributed by atoms with Gasteiger partial charge in [0.05, 0.1) is 24.4 Å². The number of hydrogen-bond donors (Lipinski definition) is 5. The molecule has 22 nitrogen and oxygen atoms in total. The van der Waals surface area contributed by atoms with Gasteiger partial charge in [-0.2, -0.15) is 0 Å². The van der Waals surface area contributed by atoms with Gasteiger partial charge < -0.3 is 106 Å². The third kappa shape index (κ3) is 12.5. The van der Waals surface area contributed by atoms with E-state index in [0.717, 1.165) is 5.39 Å². The molecule has 0 amide bonds. The summed E-state index contributed by atoms with van der Waals surface area (Å²) < 4.78 is 104. The molecule has 2 aromatic rings. The Kier molecular flexibility index (Phi) is 21.8. The van der Waals surface area contributed by atoms with Crippen molar-refractivity contribution in [3.8, 4) is 11.5 Å². The molecule has 4 saturated heterocycles. The quantitative estimate of drug-likeness (QED) is 0.0896. The molecule has 6 rings (SSSR count). The zero-order chi connectivity index (χ0) is 49.8. The van der Waals surface area contributed by atoms with Gasteiger partial charge in [0.1, 0.15) is 84.7 Å². The van der Waals surface area contributed by atoms with Gasteiger partial charge in [0.25, 0.3) is 0 Å². The number of methoxy groups -OCH3 is 9. The summed E-state index contributed by atoms with van der Waals surface area (Å²) in [4.78, 5) is 0. The van der Waals surface area contributed by atoms with Crippen LogP contribution in [0.5, 0.6) is 11.5 Å². The first-order chi connectivity index (χ1) is 33.5. The van der Waals surface area contributed by atoms with Crippen molar-refractivity contribution in [2.45, 2.75) is 149 Å². The van der Waals surface area contributed by atoms with E-state index in [9.17, 15) is 25.5 Å². The third-order valence-electron chi connectivity index (χ3n) is 13.4. The predicted octanol–water partition coefficient (Wildman–Crippen LogP) is 0.293. The molecule has 5 N–H and O–H groups in total. The smallest absolute Gasteiger partial charge is 0.229 e. The highest BCUT2D eigenvalue weighted by Gasteiger charge is 2.55. The largest absolute Gasteiger partial charge is 0.462 e. The van der Waals surface area contributed by atoms with Crippen LogP contribution >= 0.6 is 0 Å². The number of benzene rings is 2. The van der Waals surface area contributed by atoms with E-state index < -0.39 is 123 Å². The van der Waals surface area contributed by atoms with Gasteiger partial charge in [0.15, 0.2) is 12.6 Å². The summed E-state index contributed by atoms with van der Waals surface area (Å²) in [7, 11) is 13.5. The first kappa shape index (κ1) is 55.8. The minimum absolute atomic E-state index is 0.0895. The molecule has 0 spiro atoms. The molecule has 0 radical (unpaired) electrons. The van der Waals surface area contributed by atoms with Gasteiger partial charge >= 0.3 is 0 Å². The van der Waals surface area contributed by atoms with Crippen molar-refractivity contribution < 1.29 is 106 Å². The van der Waals surface area contributed by atoms with Crippen molar-refractivity contribution in [2.24, 2.45) is 0 Å². The van der Waals surface area contributed by atoms with E-state index in [2.05, 4.69) is 0 Å². The van der Waals surface area contributed by atoms with E-state index in [1.807, 2.05) is 12.1 Å². The van der Waals surface area contributed by atoms with Crippen LogP contribution < -0.4 is 9.47 Å². The van der Waals surface area contributed by atoms with Crippen molar-refractivity contribution in [3.63, 3.8) is 0 Å². The number of aliphatic hydroxyl groups is 5. The summed E-state index contributed by atoms with van der Waals surface area (Å²) in [5.74, 6) is 0.749. The first-order valence-corrected chi connectivity index (χ1v) is 23.2. The SMILES string of the molecule is COC1C(OC)[C@@H](OC)C(CCO)O[C@H]1O[C@H]1C(CCO)O[C@@H](Oc2ccc3ccc(O[C@@H]4OC(CCO)[C@H](O[C@@H]5OC(CCO)[C@@H](OC)[C@@H](OC)C5OC)[C@@H](OC)C4OC)cc3c2)C(O)C1OC. The highest BCUT2D eigenvalue weighted by Crippen LogP contribution is 2.38. The predicted molar refractivity (Wildman–Crippen MR) is 240 cm³/mol. The van der Waals surface area contributed by atoms with Crippen molar-refractivity contribution in [2.75, 3.05) is 90.4 Å². The van der Waals surface area contributed by atoms with Gasteiger partial charge in [0.2, 0.25) is 12.6 Å². The van der Waals surface area contributed by atoms with Crippen LogP contribution in [0.15, 0.2) is 36.4 Å². The zero-order valence-electron chi connectivity index (χ0n) is 40.8. The number of ether oxygens (including phenoxy) is 17. The Morgan fingerprint density at radius 3 is 1.07 bits per heavy atom. The van der Waals surface area contributed by atoms with Crippen molar-refractivity contribution in [1.82, 2.24) is 0 Å². The van der Waals surface area contributed by atoms with Crippen LogP contribution in [-0.2, 0) is 71.1 Å². The highest BCUT2D eigenvalue weighted by atomic mass is 16.8. The van der Waals surface area contributed by atoms with E-state index in [1.54, 1.807) is 24.3 Å². The number of fused-ring (bicyclic) bond motifs is 1. The Labute approximate surface area is 402 Å². The van der Waals surface area contributed by atoms with Gasteiger partial charge in [-0.05, 0) is 60.7 Å². The zero-order valence-corrected chi connectivity index (χ0v) is 40.8. The monoisotopic (exact) mass is 990 g/mol. The average Bonchev–Trinajstić information content (AvgIpc) is 3.35. The van der Waals surface area contributed by atoms with Crippen LogP contribution in [-0.4, -0.2) is 239 Å². The van der Waals surface area contributed by atoms with Crippen LogP contribution in [0.4, 0.5) is 0 Å². The molecule has 4 heterocycles. The molecule has 4 aliphatic heterocycles. The molecule has 0 saturated carbocycles. The summed E-state index contributed by atoms with van der Waals surface area (Å²) in [6.07, 6.45) is -16.3. The van der Waals surface area contributed by atoms with E-state index in [-0.39, 0.29) is 52.1 Å². The second-order valence-electron chi connectivity index (χ2n) is 17.1. The van der Waals surface area contributed by atoms with E-state index in [4.69, 9.17) is 80.5 Å². The maximum absolute atomic E-state index is 11.7. The molecule has 69 heavy (non-hydrogen) atoms. The van der Waals surface area contributed by atoms with Crippen LogP contribution in [0.3, 0.4) is 0 Å². The lowest BCUT2D eigenvalue weighted by molar-refractivity contribution is -0.358. The Balaban J connectivity index is 1.19. The summed E-state index contributed by atoms with van der Waals surface area (Å²) in [5, 5.41) is 53.2. The molecule has 22 heteroatoms. The third-order valence-corrected chi connectivity index (χ3v) is 13.4. The lowest BCUT2D eigenvalue weighted by Crippen LogP contribution is -2.65. The van der Waals surface area contributed by atoms with Crippen LogP contribution in [0.1, 0.15) is 25.7 Å². The molecule has 4 aliphatic rings. The molecule has 0 aromatic heterocycles. The number of hydrogen-bond acceptors (Lipinski definition) is 22. The highest BCUT2D eigenvalue weighted by molar-refractivity contribution is 5.85. The minimum atomic E-state index is -1.39. The average molecular weight is 991 g/mol. The van der Waals surface area contributed by atoms with E-state index in [0.29, 0.717) is 16.9 Å². The van der Waals surface area contributed by atoms with Crippen LogP contribution in [0.25, 0.3) is 10.8 Å². The lowest BCUT2D eigenvalue weighted by atomic mass is 9.94. The fraction of sp³-hybridized carbons (Fsp3) is 0.787. The summed E-state index contributed by atoms with van der Waals surface area (Å²) in [5.41, 5.74) is 0. The maximum atomic E-state index is 11.7. The molecular formula is C47H74O22. The fourth-order valence-electron chi connectivity index (χ4n) is 10.0. The Hall–Kier alpha value is -2.50. The normalized spacial score (nSPS) is 38.6. The van der Waals surface area contributed by atoms with Gasteiger partial charge in [-0.25, -0.2) is 0 Å². The molecule has 4 fully saturated rings. The Morgan fingerprint density at radius 1 is 0.362 bits per heavy atom. The molecule has 0 aliphatic carbocycles. The topological polar surface area (TPSA) is 258 Å². The fourth-order valence-corrected chi connectivity index (χ4v) is 10.0. The molecule has 10 unspecified atom stereocenters. The molecule has 2 aromatic carbocycles. The molecule has 20 atom stereocenters. The number of aliphatic hydroxyl groups excluding tert-OH is 5. The maximum Gasteiger partial charge on any atom is 0.229 e. The Bertz CT molecular complexity index is 1800. The van der Waals surface area contributed by atoms with Gasteiger partial charge in [-0.1, -0.05) is 12.1 Å². The molecule has 0 bridgehead atoms. The standard InChI is InChI=1S/C47H74O22/c1-53-33-28(14-18-48)65-46(41(59-7)38(33)56-4)68-35-30(16-20-50)64-44(32(52)37(35)55-3)62-26-12-10-24-11-13-27(23-25(24)22-26)63-45-43(61-9)40(58-6)36(31(67-45)17-21-51)69-47-42(60-8)39(57-5)34(54-2)29(66-47)15-19-49/h10-13,22-23,28-52H,14-21H2,1-9H3/t28?,29?,30?,31?,32?,33-,34+,35-,36-,37?,38?,39+,40+,41?,42?,43?,44+,45+,46-,47-/m0/s1. The van der Waals surface area contributed by atoms with Crippen molar-refractivity contribution >= 4 is 10.8 Å². The minimum Gasteiger partial charge on any atom is -0.462 e. The van der Waals surface area contributed by atoms with Gasteiger partial charge in [-0.3, -0.25) is 0 Å². The Morgan fingerprint density at radius 2 is 0.681 bits per heavy atom. The molecular weight excluding hydrogens is 916 g/mol.